The van der Waals surface area contributed by atoms with Gasteiger partial charge < -0.3 is 24.1 Å². The summed E-state index contributed by atoms with van der Waals surface area (Å²) < 4.78 is 22.3. The SMILES string of the molecule is O=C[C@H](OC(=O)c1ccccc1)[C@H](OC(=O)c1ccccc1)[C@H](OC(=O)c1ccccc1)[C@H](CO)OC(=O)c1ccccc1. The summed E-state index contributed by atoms with van der Waals surface area (Å²) >= 11 is 0. The van der Waals surface area contributed by atoms with Gasteiger partial charge in [0.05, 0.1) is 28.9 Å². The van der Waals surface area contributed by atoms with Gasteiger partial charge in [-0.05, 0) is 48.5 Å². The zero-order valence-electron chi connectivity index (χ0n) is 23.3. The number of aldehydes is 1. The van der Waals surface area contributed by atoms with Crippen molar-refractivity contribution in [2.24, 2.45) is 0 Å². The van der Waals surface area contributed by atoms with E-state index < -0.39 is 54.9 Å². The molecule has 0 heterocycles. The first-order chi connectivity index (χ1) is 21.4. The van der Waals surface area contributed by atoms with E-state index in [1.54, 1.807) is 72.8 Å². The number of aliphatic hydroxyl groups excluding tert-OH is 1. The van der Waals surface area contributed by atoms with E-state index in [9.17, 15) is 29.1 Å². The molecular weight excluding hydrogens is 568 g/mol. The lowest BCUT2D eigenvalue weighted by Gasteiger charge is -2.34. The summed E-state index contributed by atoms with van der Waals surface area (Å²) in [6.07, 6.45) is -7.05. The molecule has 0 fully saturated rings. The Balaban J connectivity index is 1.75. The fourth-order valence-corrected chi connectivity index (χ4v) is 4.13. The Labute approximate surface area is 252 Å². The fraction of sp³-hybridized carbons (Fsp3) is 0.147. The lowest BCUT2D eigenvalue weighted by atomic mass is 10.0. The number of carbonyl (C=O) groups excluding carboxylic acids is 5. The highest BCUT2D eigenvalue weighted by Crippen LogP contribution is 2.23. The topological polar surface area (TPSA) is 143 Å². The molecule has 0 saturated carbocycles. The van der Waals surface area contributed by atoms with Crippen molar-refractivity contribution < 1.29 is 48.0 Å². The van der Waals surface area contributed by atoms with Crippen molar-refractivity contribution in [3.05, 3.63) is 144 Å². The van der Waals surface area contributed by atoms with Gasteiger partial charge in [-0.15, -0.1) is 0 Å². The van der Waals surface area contributed by atoms with Crippen LogP contribution < -0.4 is 0 Å². The van der Waals surface area contributed by atoms with Crippen molar-refractivity contribution in [1.29, 1.82) is 0 Å². The molecule has 10 heteroatoms. The van der Waals surface area contributed by atoms with Crippen LogP contribution in [0.1, 0.15) is 41.4 Å². The predicted octanol–water partition coefficient (Wildman–Crippen LogP) is 4.08. The second kappa shape index (κ2) is 15.6. The van der Waals surface area contributed by atoms with Crippen molar-refractivity contribution in [3.8, 4) is 0 Å². The lowest BCUT2D eigenvalue weighted by molar-refractivity contribution is -0.142. The van der Waals surface area contributed by atoms with Gasteiger partial charge in [-0.2, -0.15) is 0 Å². The van der Waals surface area contributed by atoms with Gasteiger partial charge in [0.25, 0.3) is 0 Å². The molecule has 0 aromatic heterocycles. The Morgan fingerprint density at radius 1 is 0.500 bits per heavy atom. The highest BCUT2D eigenvalue weighted by Gasteiger charge is 2.45. The summed E-state index contributed by atoms with van der Waals surface area (Å²) in [5.41, 5.74) is 0.325. The molecule has 0 aliphatic carbocycles. The molecule has 0 bridgehead atoms. The standard InChI is InChI=1S/C34H28O10/c35-21-27(41-31(37)23-13-5-1-6-14-23)29(43-33(39)25-17-9-3-10-18-25)30(44-34(40)26-19-11-4-12-20-26)28(22-36)42-32(38)24-15-7-2-8-16-24/h1-21,27-30,36H,22H2/t27-,28-,29-,30+/m0/s1. The van der Waals surface area contributed by atoms with Crippen molar-refractivity contribution in [3.63, 3.8) is 0 Å². The van der Waals surface area contributed by atoms with E-state index in [1.165, 1.54) is 48.5 Å². The van der Waals surface area contributed by atoms with Gasteiger partial charge in [0.15, 0.2) is 30.7 Å². The number of hydrogen-bond acceptors (Lipinski definition) is 10. The first-order valence-electron chi connectivity index (χ1n) is 13.5. The van der Waals surface area contributed by atoms with Gasteiger partial charge in [-0.3, -0.25) is 4.79 Å². The van der Waals surface area contributed by atoms with Crippen LogP contribution in [0, 0.1) is 0 Å². The highest BCUT2D eigenvalue weighted by atomic mass is 16.6. The normalized spacial score (nSPS) is 13.3. The number of hydrogen-bond donors (Lipinski definition) is 1. The fourth-order valence-electron chi connectivity index (χ4n) is 4.13. The minimum atomic E-state index is -1.87. The third-order valence-corrected chi connectivity index (χ3v) is 6.35. The third kappa shape index (κ3) is 8.24. The third-order valence-electron chi connectivity index (χ3n) is 6.35. The Kier molecular flexibility index (Phi) is 11.1. The Morgan fingerprint density at radius 2 is 0.818 bits per heavy atom. The van der Waals surface area contributed by atoms with E-state index in [-0.39, 0.29) is 28.5 Å². The van der Waals surface area contributed by atoms with E-state index in [4.69, 9.17) is 18.9 Å². The second-order valence-electron chi connectivity index (χ2n) is 9.34. The van der Waals surface area contributed by atoms with Crippen molar-refractivity contribution >= 4 is 30.2 Å². The Morgan fingerprint density at radius 3 is 1.16 bits per heavy atom. The first-order valence-corrected chi connectivity index (χ1v) is 13.5. The molecule has 0 amide bonds. The summed E-state index contributed by atoms with van der Waals surface area (Å²) in [5, 5.41) is 10.4. The molecule has 0 saturated heterocycles. The summed E-state index contributed by atoms with van der Waals surface area (Å²) in [4.78, 5) is 65.0. The number of ether oxygens (including phenoxy) is 4. The molecule has 10 nitrogen and oxygen atoms in total. The van der Waals surface area contributed by atoms with Crippen LogP contribution in [0.25, 0.3) is 0 Å². The summed E-state index contributed by atoms with van der Waals surface area (Å²) in [6, 6.07) is 30.9. The molecule has 4 atom stereocenters. The Hall–Kier alpha value is -5.61. The van der Waals surface area contributed by atoms with Crippen molar-refractivity contribution in [1.82, 2.24) is 0 Å². The van der Waals surface area contributed by atoms with E-state index in [0.29, 0.717) is 0 Å². The zero-order valence-corrected chi connectivity index (χ0v) is 23.3. The molecule has 1 N–H and O–H groups in total. The minimum Gasteiger partial charge on any atom is -0.452 e. The molecule has 0 unspecified atom stereocenters. The van der Waals surface area contributed by atoms with Crippen LogP contribution in [0.15, 0.2) is 121 Å². The zero-order chi connectivity index (χ0) is 31.3. The monoisotopic (exact) mass is 596 g/mol. The quantitative estimate of drug-likeness (QED) is 0.136. The maximum absolute atomic E-state index is 13.3. The average Bonchev–Trinajstić information content (AvgIpc) is 3.09. The van der Waals surface area contributed by atoms with Gasteiger partial charge in [0.1, 0.15) is 0 Å². The van der Waals surface area contributed by atoms with E-state index in [1.807, 2.05) is 0 Å². The predicted molar refractivity (Wildman–Crippen MR) is 156 cm³/mol. The second-order valence-corrected chi connectivity index (χ2v) is 9.34. The van der Waals surface area contributed by atoms with Crippen LogP contribution in [-0.2, 0) is 23.7 Å². The van der Waals surface area contributed by atoms with E-state index >= 15 is 0 Å². The van der Waals surface area contributed by atoms with Crippen LogP contribution in [-0.4, -0.2) is 66.3 Å². The van der Waals surface area contributed by atoms with Crippen LogP contribution >= 0.6 is 0 Å². The number of benzene rings is 4. The van der Waals surface area contributed by atoms with Crippen LogP contribution in [0.5, 0.6) is 0 Å². The van der Waals surface area contributed by atoms with Gasteiger partial charge in [0, 0.05) is 0 Å². The number of carbonyl (C=O) groups is 5. The van der Waals surface area contributed by atoms with Gasteiger partial charge in [-0.25, -0.2) is 19.2 Å². The lowest BCUT2D eigenvalue weighted by Crippen LogP contribution is -2.53. The largest absolute Gasteiger partial charge is 0.452 e. The Bertz CT molecular complexity index is 1540. The average molecular weight is 597 g/mol. The molecule has 0 spiro atoms. The molecule has 44 heavy (non-hydrogen) atoms. The maximum atomic E-state index is 13.3. The molecule has 4 rings (SSSR count). The summed E-state index contributed by atoms with van der Waals surface area (Å²) in [6.45, 7) is -0.928. The smallest absolute Gasteiger partial charge is 0.338 e. The highest BCUT2D eigenvalue weighted by molar-refractivity contribution is 5.92. The van der Waals surface area contributed by atoms with Gasteiger partial charge in [-0.1, -0.05) is 72.8 Å². The van der Waals surface area contributed by atoms with Crippen LogP contribution in [0.4, 0.5) is 0 Å². The number of esters is 4. The van der Waals surface area contributed by atoms with Crippen LogP contribution in [0.2, 0.25) is 0 Å². The number of aliphatic hydroxyl groups is 1. The molecule has 0 radical (unpaired) electrons. The summed E-state index contributed by atoms with van der Waals surface area (Å²) in [5.74, 6) is -3.77. The van der Waals surface area contributed by atoms with Crippen LogP contribution in [0.3, 0.4) is 0 Å². The number of rotatable bonds is 13. The molecule has 4 aromatic rings. The van der Waals surface area contributed by atoms with Gasteiger partial charge >= 0.3 is 23.9 Å². The first kappa shape index (κ1) is 31.3. The van der Waals surface area contributed by atoms with E-state index in [2.05, 4.69) is 0 Å². The molecule has 4 aromatic carbocycles. The molecule has 224 valence electrons. The maximum Gasteiger partial charge on any atom is 0.338 e. The summed E-state index contributed by atoms with van der Waals surface area (Å²) in [7, 11) is 0. The van der Waals surface area contributed by atoms with Gasteiger partial charge in [0.2, 0.25) is 0 Å². The van der Waals surface area contributed by atoms with E-state index in [0.717, 1.165) is 0 Å². The minimum absolute atomic E-state index is 0.0616. The molecule has 0 aliphatic heterocycles. The van der Waals surface area contributed by atoms with Crippen molar-refractivity contribution in [2.75, 3.05) is 6.61 Å². The molecule has 0 aliphatic rings. The van der Waals surface area contributed by atoms with Crippen molar-refractivity contribution in [2.45, 2.75) is 24.4 Å². The molecular formula is C34H28O10.